The molecule has 0 saturated carbocycles. The number of rotatable bonds is 9. The minimum atomic E-state index is -0.643. The smallest absolute Gasteiger partial charge is 0.261 e. The molecule has 30 heavy (non-hydrogen) atoms. The van der Waals surface area contributed by atoms with Crippen molar-refractivity contribution in [2.75, 3.05) is 6.61 Å². The molecule has 0 bridgehead atoms. The molecule has 0 spiro atoms. The Hall–Kier alpha value is -2.05. The van der Waals surface area contributed by atoms with Gasteiger partial charge in [0.05, 0.1) is 5.02 Å². The monoisotopic (exact) mass is 494 g/mol. The number of aryl methyl sites for hydroxylation is 1. The fourth-order valence-corrected chi connectivity index (χ4v) is 3.60. The lowest BCUT2D eigenvalue weighted by Gasteiger charge is -2.29. The second kappa shape index (κ2) is 11.4. The highest BCUT2D eigenvalue weighted by molar-refractivity contribution is 9.10. The van der Waals surface area contributed by atoms with Crippen LogP contribution in [0.5, 0.6) is 5.75 Å². The Kier molecular flexibility index (Phi) is 9.18. The van der Waals surface area contributed by atoms with Gasteiger partial charge in [-0.2, -0.15) is 0 Å². The number of carbonyl (C=O) groups excluding carboxylic acids is 2. The molecule has 2 amide bonds. The van der Waals surface area contributed by atoms with E-state index in [4.69, 9.17) is 16.3 Å². The number of nitrogens with zero attached hydrogens (tertiary/aromatic N) is 1. The van der Waals surface area contributed by atoms with E-state index in [0.717, 1.165) is 22.0 Å². The summed E-state index contributed by atoms with van der Waals surface area (Å²) in [5, 5.41) is 3.36. The zero-order valence-electron chi connectivity index (χ0n) is 17.7. The van der Waals surface area contributed by atoms with Gasteiger partial charge in [-0.25, -0.2) is 0 Å². The molecule has 0 aliphatic carbocycles. The first-order chi connectivity index (χ1) is 14.2. The second-order valence-electron chi connectivity index (χ2n) is 7.37. The fraction of sp³-hybridized carbons (Fsp3) is 0.391. The van der Waals surface area contributed by atoms with Gasteiger partial charge in [-0.3, -0.25) is 9.59 Å². The predicted octanol–water partition coefficient (Wildman–Crippen LogP) is 5.12. The molecule has 0 aliphatic heterocycles. The third kappa shape index (κ3) is 7.03. The number of hydrogen-bond donors (Lipinski definition) is 1. The van der Waals surface area contributed by atoms with Crippen molar-refractivity contribution >= 4 is 39.3 Å². The SMILES string of the molecule is CC[C@H](C)NC(=O)[C@H](C)N(Cc1cccc(C)c1)C(=O)COc1ccc(Br)cc1Cl. The first-order valence-electron chi connectivity index (χ1n) is 9.94. The van der Waals surface area contributed by atoms with Crippen LogP contribution in [0.4, 0.5) is 0 Å². The van der Waals surface area contributed by atoms with Crippen LogP contribution in [0, 0.1) is 6.92 Å². The van der Waals surface area contributed by atoms with E-state index in [1.54, 1.807) is 30.0 Å². The van der Waals surface area contributed by atoms with Crippen molar-refractivity contribution in [1.82, 2.24) is 10.2 Å². The van der Waals surface area contributed by atoms with Crippen LogP contribution in [0.25, 0.3) is 0 Å². The van der Waals surface area contributed by atoms with Crippen LogP contribution in [0.1, 0.15) is 38.3 Å². The van der Waals surface area contributed by atoms with Crippen LogP contribution in [0.3, 0.4) is 0 Å². The number of carbonyl (C=O) groups is 2. The van der Waals surface area contributed by atoms with E-state index in [-0.39, 0.29) is 24.5 Å². The van der Waals surface area contributed by atoms with E-state index in [1.165, 1.54) is 0 Å². The Balaban J connectivity index is 2.18. The largest absolute Gasteiger partial charge is 0.482 e. The van der Waals surface area contributed by atoms with E-state index >= 15 is 0 Å². The van der Waals surface area contributed by atoms with Gasteiger partial charge in [0.15, 0.2) is 6.61 Å². The van der Waals surface area contributed by atoms with Gasteiger partial charge < -0.3 is 15.0 Å². The molecule has 0 radical (unpaired) electrons. The summed E-state index contributed by atoms with van der Waals surface area (Å²) in [7, 11) is 0. The van der Waals surface area contributed by atoms with E-state index in [2.05, 4.69) is 21.2 Å². The number of benzene rings is 2. The van der Waals surface area contributed by atoms with Crippen molar-refractivity contribution in [3.8, 4) is 5.75 Å². The van der Waals surface area contributed by atoms with Gasteiger partial charge in [0.2, 0.25) is 5.91 Å². The molecule has 2 aromatic rings. The molecule has 2 rings (SSSR count). The molecular formula is C23H28BrClN2O3. The van der Waals surface area contributed by atoms with Gasteiger partial charge in [0, 0.05) is 17.1 Å². The number of ether oxygens (including phenoxy) is 1. The third-order valence-electron chi connectivity index (χ3n) is 4.85. The average molecular weight is 496 g/mol. The van der Waals surface area contributed by atoms with Gasteiger partial charge >= 0.3 is 0 Å². The lowest BCUT2D eigenvalue weighted by atomic mass is 10.1. The average Bonchev–Trinajstić information content (AvgIpc) is 2.70. The summed E-state index contributed by atoms with van der Waals surface area (Å²) in [6, 6.07) is 12.5. The summed E-state index contributed by atoms with van der Waals surface area (Å²) < 4.78 is 6.47. The quantitative estimate of drug-likeness (QED) is 0.525. The fourth-order valence-electron chi connectivity index (χ4n) is 2.87. The summed E-state index contributed by atoms with van der Waals surface area (Å²) in [6.45, 7) is 7.77. The molecule has 0 fully saturated rings. The summed E-state index contributed by atoms with van der Waals surface area (Å²) in [4.78, 5) is 27.3. The van der Waals surface area contributed by atoms with Crippen molar-refractivity contribution < 1.29 is 14.3 Å². The third-order valence-corrected chi connectivity index (χ3v) is 5.64. The molecule has 7 heteroatoms. The molecule has 0 saturated heterocycles. The molecule has 2 aromatic carbocycles. The van der Waals surface area contributed by atoms with Crippen molar-refractivity contribution in [3.05, 3.63) is 63.1 Å². The molecule has 0 aromatic heterocycles. The lowest BCUT2D eigenvalue weighted by Crippen LogP contribution is -2.50. The number of halogens is 2. The molecular weight excluding hydrogens is 468 g/mol. The molecule has 5 nitrogen and oxygen atoms in total. The van der Waals surface area contributed by atoms with Gasteiger partial charge in [-0.05, 0) is 51.0 Å². The molecule has 162 valence electrons. The predicted molar refractivity (Wildman–Crippen MR) is 124 cm³/mol. The Labute approximate surface area is 191 Å². The van der Waals surface area contributed by atoms with Gasteiger partial charge in [-0.15, -0.1) is 0 Å². The Bertz CT molecular complexity index is 891. The van der Waals surface area contributed by atoms with Crippen molar-refractivity contribution in [2.45, 2.75) is 52.7 Å². The maximum atomic E-state index is 13.1. The molecule has 0 aliphatic rings. The van der Waals surface area contributed by atoms with Crippen LogP contribution in [0.15, 0.2) is 46.9 Å². The van der Waals surface area contributed by atoms with Gasteiger partial charge in [0.25, 0.3) is 5.91 Å². The number of nitrogens with one attached hydrogen (secondary N) is 1. The lowest BCUT2D eigenvalue weighted by molar-refractivity contribution is -0.142. The maximum Gasteiger partial charge on any atom is 0.261 e. The van der Waals surface area contributed by atoms with E-state index in [1.807, 2.05) is 45.0 Å². The molecule has 0 heterocycles. The number of amides is 2. The van der Waals surface area contributed by atoms with E-state index in [0.29, 0.717) is 17.3 Å². The van der Waals surface area contributed by atoms with Crippen molar-refractivity contribution in [3.63, 3.8) is 0 Å². The van der Waals surface area contributed by atoms with Gasteiger partial charge in [-0.1, -0.05) is 64.3 Å². The minimum Gasteiger partial charge on any atom is -0.482 e. The summed E-state index contributed by atoms with van der Waals surface area (Å²) in [5.41, 5.74) is 2.04. The molecule has 1 N–H and O–H groups in total. The van der Waals surface area contributed by atoms with Crippen LogP contribution < -0.4 is 10.1 Å². The Morgan fingerprint density at radius 1 is 1.20 bits per heavy atom. The van der Waals surface area contributed by atoms with Crippen LogP contribution in [-0.4, -0.2) is 35.4 Å². The minimum absolute atomic E-state index is 0.0358. The summed E-state index contributed by atoms with van der Waals surface area (Å²) in [5.74, 6) is -0.0604. The second-order valence-corrected chi connectivity index (χ2v) is 8.69. The normalized spacial score (nSPS) is 12.7. The highest BCUT2D eigenvalue weighted by atomic mass is 79.9. The van der Waals surface area contributed by atoms with Crippen molar-refractivity contribution in [1.29, 1.82) is 0 Å². The topological polar surface area (TPSA) is 58.6 Å². The molecule has 2 atom stereocenters. The first-order valence-corrected chi connectivity index (χ1v) is 11.1. The Morgan fingerprint density at radius 3 is 2.57 bits per heavy atom. The zero-order valence-corrected chi connectivity index (χ0v) is 20.1. The van der Waals surface area contributed by atoms with Gasteiger partial charge in [0.1, 0.15) is 11.8 Å². The molecule has 0 unspecified atom stereocenters. The number of hydrogen-bond acceptors (Lipinski definition) is 3. The Morgan fingerprint density at radius 2 is 1.93 bits per heavy atom. The summed E-state index contributed by atoms with van der Waals surface area (Å²) in [6.07, 6.45) is 0.815. The van der Waals surface area contributed by atoms with Crippen LogP contribution >= 0.6 is 27.5 Å². The first kappa shape index (κ1) is 24.2. The standard InChI is InChI=1S/C23H28BrClN2O3/c1-5-16(3)26-23(29)17(4)27(13-18-8-6-7-15(2)11-18)22(28)14-30-21-10-9-19(24)12-20(21)25/h6-12,16-17H,5,13-14H2,1-4H3,(H,26,29)/t16-,17-/m0/s1. The zero-order chi connectivity index (χ0) is 22.3. The van der Waals surface area contributed by atoms with Crippen molar-refractivity contribution in [2.24, 2.45) is 0 Å². The maximum absolute atomic E-state index is 13.1. The van der Waals surface area contributed by atoms with Crippen LogP contribution in [0.2, 0.25) is 5.02 Å². The van der Waals surface area contributed by atoms with E-state index in [9.17, 15) is 9.59 Å². The van der Waals surface area contributed by atoms with E-state index < -0.39 is 6.04 Å². The van der Waals surface area contributed by atoms with Crippen LogP contribution in [-0.2, 0) is 16.1 Å². The summed E-state index contributed by atoms with van der Waals surface area (Å²) >= 11 is 9.53. The highest BCUT2D eigenvalue weighted by Gasteiger charge is 2.27. The highest BCUT2D eigenvalue weighted by Crippen LogP contribution is 2.27.